The predicted octanol–water partition coefficient (Wildman–Crippen LogP) is 5.36. The second kappa shape index (κ2) is 11.7. The third-order valence-corrected chi connectivity index (χ3v) is 6.32. The van der Waals surface area contributed by atoms with Crippen LogP contribution in [0.2, 0.25) is 0 Å². The highest BCUT2D eigenvalue weighted by atomic mass is 16.7. The Bertz CT molecular complexity index is 1590. The van der Waals surface area contributed by atoms with Gasteiger partial charge in [0, 0.05) is 35.9 Å². The summed E-state index contributed by atoms with van der Waals surface area (Å²) in [6.45, 7) is 0.103. The summed E-state index contributed by atoms with van der Waals surface area (Å²) in [5.74, 6) is 0.709. The fourth-order valence-corrected chi connectivity index (χ4v) is 4.37. The van der Waals surface area contributed by atoms with E-state index < -0.39 is 24.2 Å². The highest BCUT2D eigenvalue weighted by molar-refractivity contribution is 6.01. The van der Waals surface area contributed by atoms with Gasteiger partial charge in [0.05, 0.1) is 11.4 Å². The maximum atomic E-state index is 13.1. The third-order valence-electron chi connectivity index (χ3n) is 6.32. The van der Waals surface area contributed by atoms with Crippen molar-refractivity contribution in [3.05, 3.63) is 96.6 Å². The van der Waals surface area contributed by atoms with Gasteiger partial charge in [-0.2, -0.15) is 0 Å². The largest absolute Gasteiger partial charge is 0.507 e. The maximum absolute atomic E-state index is 13.1. The van der Waals surface area contributed by atoms with E-state index in [-0.39, 0.29) is 12.5 Å². The number of ether oxygens (including phenoxy) is 4. The van der Waals surface area contributed by atoms with E-state index in [1.165, 1.54) is 25.3 Å². The molecule has 1 aliphatic heterocycles. The summed E-state index contributed by atoms with van der Waals surface area (Å²) in [5, 5.41) is 17.1. The molecule has 4 aromatic carbocycles. The van der Waals surface area contributed by atoms with Crippen LogP contribution in [0.1, 0.15) is 11.7 Å². The van der Waals surface area contributed by atoms with E-state index in [1.54, 1.807) is 66.7 Å². The fraction of sp³-hybridized carbons (Fsp3) is 0.133. The van der Waals surface area contributed by atoms with Gasteiger partial charge in [-0.05, 0) is 41.8 Å². The van der Waals surface area contributed by atoms with Crippen molar-refractivity contribution >= 4 is 39.8 Å². The standard InChI is InChI=1S/C30H27N3O7/c1-37-26(14-15-28(35)33-23-9-5-4-8-22(23)31)29(21-11-12-24(34)20-7-3-2-6-19(20)21)40-30(36)32-18-10-13-25-27(16-18)39-17-38-25/h2-16,26,29,34H,17,31H2,1H3,(H,32,36)(H,33,35)/b15-14+/t26-,29-/m1/s1. The molecule has 5 rings (SSSR count). The lowest BCUT2D eigenvalue weighted by atomic mass is 9.96. The number of hydrogen-bond acceptors (Lipinski definition) is 8. The molecule has 0 spiro atoms. The lowest BCUT2D eigenvalue weighted by Crippen LogP contribution is -2.27. The van der Waals surface area contributed by atoms with Crippen molar-refractivity contribution in [1.29, 1.82) is 0 Å². The molecule has 2 amide bonds. The summed E-state index contributed by atoms with van der Waals surface area (Å²) in [4.78, 5) is 25.8. The van der Waals surface area contributed by atoms with Crippen LogP contribution in [0, 0.1) is 0 Å². The fourth-order valence-electron chi connectivity index (χ4n) is 4.37. The van der Waals surface area contributed by atoms with Crippen LogP contribution in [-0.2, 0) is 14.3 Å². The van der Waals surface area contributed by atoms with Crippen LogP contribution in [0.3, 0.4) is 0 Å². The number of carbonyl (C=O) groups excluding carboxylic acids is 2. The van der Waals surface area contributed by atoms with Crippen molar-refractivity contribution in [3.63, 3.8) is 0 Å². The van der Waals surface area contributed by atoms with Crippen molar-refractivity contribution in [2.24, 2.45) is 0 Å². The molecule has 10 heteroatoms. The van der Waals surface area contributed by atoms with Gasteiger partial charge < -0.3 is 35.1 Å². The van der Waals surface area contributed by atoms with E-state index in [9.17, 15) is 14.7 Å². The number of phenolic OH excluding ortho intramolecular Hbond substituents is 1. The average molecular weight is 542 g/mol. The molecule has 4 aromatic rings. The van der Waals surface area contributed by atoms with Crippen LogP contribution < -0.4 is 25.8 Å². The van der Waals surface area contributed by atoms with Crippen LogP contribution in [0.5, 0.6) is 17.2 Å². The molecule has 0 saturated carbocycles. The summed E-state index contributed by atoms with van der Waals surface area (Å²) >= 11 is 0. The van der Waals surface area contributed by atoms with E-state index in [4.69, 9.17) is 24.7 Å². The first-order valence-electron chi connectivity index (χ1n) is 12.4. The number of nitrogens with two attached hydrogens (primary N) is 1. The first kappa shape index (κ1) is 26.4. The Morgan fingerprint density at radius 2 is 1.70 bits per heavy atom. The number of rotatable bonds is 8. The Hall–Kier alpha value is -5.22. The zero-order valence-electron chi connectivity index (χ0n) is 21.5. The van der Waals surface area contributed by atoms with E-state index in [0.717, 1.165) is 0 Å². The Kier molecular flexibility index (Phi) is 7.70. The van der Waals surface area contributed by atoms with E-state index >= 15 is 0 Å². The minimum Gasteiger partial charge on any atom is -0.507 e. The topological polar surface area (TPSA) is 141 Å². The number of fused-ring (bicyclic) bond motifs is 2. The van der Waals surface area contributed by atoms with Gasteiger partial charge in [0.25, 0.3) is 0 Å². The van der Waals surface area contributed by atoms with Gasteiger partial charge in [-0.15, -0.1) is 0 Å². The number of phenols is 1. The molecule has 0 unspecified atom stereocenters. The molecule has 2 atom stereocenters. The van der Waals surface area contributed by atoms with Crippen molar-refractivity contribution in [2.45, 2.75) is 12.2 Å². The van der Waals surface area contributed by atoms with Gasteiger partial charge in [0.2, 0.25) is 12.7 Å². The molecule has 0 saturated heterocycles. The number of nitrogens with one attached hydrogen (secondary N) is 2. The molecule has 10 nitrogen and oxygen atoms in total. The zero-order valence-corrected chi connectivity index (χ0v) is 21.5. The molecule has 0 fully saturated rings. The lowest BCUT2D eigenvalue weighted by Gasteiger charge is -2.26. The lowest BCUT2D eigenvalue weighted by molar-refractivity contribution is -0.112. The molecule has 204 valence electrons. The number of amides is 2. The quantitative estimate of drug-likeness (QED) is 0.173. The Balaban J connectivity index is 1.43. The highest BCUT2D eigenvalue weighted by Crippen LogP contribution is 2.36. The smallest absolute Gasteiger partial charge is 0.412 e. The monoisotopic (exact) mass is 541 g/mol. The van der Waals surface area contributed by atoms with E-state index in [1.807, 2.05) is 6.07 Å². The van der Waals surface area contributed by atoms with Crippen LogP contribution in [-0.4, -0.2) is 37.1 Å². The number of carbonyl (C=O) groups is 2. The highest BCUT2D eigenvalue weighted by Gasteiger charge is 2.28. The van der Waals surface area contributed by atoms with Crippen LogP contribution in [0.4, 0.5) is 21.9 Å². The molecule has 0 aliphatic carbocycles. The number of nitrogen functional groups attached to an aromatic ring is 1. The van der Waals surface area contributed by atoms with Gasteiger partial charge in [0.15, 0.2) is 17.6 Å². The van der Waals surface area contributed by atoms with Crippen molar-refractivity contribution in [1.82, 2.24) is 0 Å². The van der Waals surface area contributed by atoms with Gasteiger partial charge in [-0.1, -0.05) is 42.5 Å². The summed E-state index contributed by atoms with van der Waals surface area (Å²) < 4.78 is 22.3. The summed E-state index contributed by atoms with van der Waals surface area (Å²) in [7, 11) is 1.44. The van der Waals surface area contributed by atoms with E-state index in [0.29, 0.717) is 44.9 Å². The number of hydrogen-bond donors (Lipinski definition) is 4. The minimum atomic E-state index is -1.00. The van der Waals surface area contributed by atoms with Crippen molar-refractivity contribution in [3.8, 4) is 17.2 Å². The van der Waals surface area contributed by atoms with E-state index in [2.05, 4.69) is 10.6 Å². The molecule has 0 bridgehead atoms. The summed E-state index contributed by atoms with van der Waals surface area (Å²) in [6, 6.07) is 22.2. The molecule has 40 heavy (non-hydrogen) atoms. The molecule has 1 heterocycles. The zero-order chi connectivity index (χ0) is 28.1. The van der Waals surface area contributed by atoms with Crippen molar-refractivity contribution in [2.75, 3.05) is 30.3 Å². The summed E-state index contributed by atoms with van der Waals surface area (Å²) in [6.07, 6.45) is 0.131. The van der Waals surface area contributed by atoms with Crippen molar-refractivity contribution < 1.29 is 33.6 Å². The van der Waals surface area contributed by atoms with Crippen LogP contribution in [0.15, 0.2) is 91.0 Å². The number of para-hydroxylation sites is 2. The molecule has 1 aliphatic rings. The number of aromatic hydroxyl groups is 1. The van der Waals surface area contributed by atoms with Crippen LogP contribution in [0.25, 0.3) is 10.8 Å². The Labute approximate surface area is 229 Å². The minimum absolute atomic E-state index is 0.0762. The van der Waals surface area contributed by atoms with Gasteiger partial charge in [-0.3, -0.25) is 10.1 Å². The second-order valence-corrected chi connectivity index (χ2v) is 8.87. The molecular weight excluding hydrogens is 514 g/mol. The molecule has 0 aromatic heterocycles. The SMILES string of the molecule is CO[C@H](/C=C/C(=O)Nc1ccccc1N)[C@H](OC(=O)Nc1ccc2c(c1)OCO2)c1ccc(O)c2ccccc12. The Morgan fingerprint density at radius 3 is 2.50 bits per heavy atom. The first-order valence-corrected chi connectivity index (χ1v) is 12.4. The number of methoxy groups -OCH3 is 1. The van der Waals surface area contributed by atoms with Gasteiger partial charge in [-0.25, -0.2) is 4.79 Å². The maximum Gasteiger partial charge on any atom is 0.412 e. The normalized spacial score (nSPS) is 13.6. The summed E-state index contributed by atoms with van der Waals surface area (Å²) in [5.41, 5.74) is 7.82. The number of anilines is 3. The van der Waals surface area contributed by atoms with Gasteiger partial charge in [0.1, 0.15) is 11.9 Å². The van der Waals surface area contributed by atoms with Gasteiger partial charge >= 0.3 is 6.09 Å². The van der Waals surface area contributed by atoms with Crippen LogP contribution >= 0.6 is 0 Å². The Morgan fingerprint density at radius 1 is 0.950 bits per heavy atom. The molecule has 0 radical (unpaired) electrons. The third kappa shape index (κ3) is 5.77. The number of benzene rings is 4. The second-order valence-electron chi connectivity index (χ2n) is 8.87. The first-order chi connectivity index (χ1) is 19.4. The molecular formula is C30H27N3O7. The molecule has 5 N–H and O–H groups in total. The predicted molar refractivity (Wildman–Crippen MR) is 150 cm³/mol. The average Bonchev–Trinajstić information content (AvgIpc) is 3.42.